The molecule has 0 radical (unpaired) electrons. The van der Waals surface area contributed by atoms with Crippen molar-refractivity contribution in [2.75, 3.05) is 24.5 Å². The lowest BCUT2D eigenvalue weighted by Gasteiger charge is -2.38. The monoisotopic (exact) mass is 309 g/mol. The van der Waals surface area contributed by atoms with Crippen LogP contribution in [0.15, 0.2) is 18.2 Å². The van der Waals surface area contributed by atoms with Crippen LogP contribution in [0, 0.1) is 0 Å². The van der Waals surface area contributed by atoms with E-state index in [1.54, 1.807) is 0 Å². The zero-order chi connectivity index (χ0) is 15.2. The molecule has 1 unspecified atom stereocenters. The zero-order valence-electron chi connectivity index (χ0n) is 12.8. The Kier molecular flexibility index (Phi) is 5.88. The number of para-hydroxylation sites is 1. The number of hydrogen-bond donors (Lipinski definition) is 2. The number of nitrogens with zero attached hydrogens (tertiary/aromatic N) is 1. The Labute approximate surface area is 131 Å². The third-order valence-electron chi connectivity index (χ3n) is 3.82. The molecule has 116 valence electrons. The summed E-state index contributed by atoms with van der Waals surface area (Å²) in [6.07, 6.45) is 1.87. The molecular formula is C16H24ClN3O. The Morgan fingerprint density at radius 3 is 2.95 bits per heavy atom. The Morgan fingerprint density at radius 2 is 2.24 bits per heavy atom. The van der Waals surface area contributed by atoms with Crippen LogP contribution in [-0.4, -0.2) is 31.6 Å². The molecule has 5 heteroatoms. The highest BCUT2D eigenvalue weighted by molar-refractivity contribution is 6.33. The molecule has 1 heterocycles. The number of amides is 1. The molecule has 0 bridgehead atoms. The summed E-state index contributed by atoms with van der Waals surface area (Å²) >= 11 is 6.44. The van der Waals surface area contributed by atoms with Crippen LogP contribution in [-0.2, 0) is 11.3 Å². The van der Waals surface area contributed by atoms with E-state index in [1.807, 2.05) is 19.1 Å². The first-order chi connectivity index (χ1) is 10.2. The smallest absolute Gasteiger partial charge is 0.242 e. The summed E-state index contributed by atoms with van der Waals surface area (Å²) < 4.78 is 0. The summed E-state index contributed by atoms with van der Waals surface area (Å²) in [5.41, 5.74) is 2.16. The van der Waals surface area contributed by atoms with Gasteiger partial charge in [-0.15, -0.1) is 0 Å². The summed E-state index contributed by atoms with van der Waals surface area (Å²) in [6.45, 7) is 7.40. The number of benzene rings is 1. The van der Waals surface area contributed by atoms with Gasteiger partial charge < -0.3 is 15.5 Å². The fourth-order valence-corrected chi connectivity index (χ4v) is 3.11. The minimum absolute atomic E-state index is 0.0936. The highest BCUT2D eigenvalue weighted by Gasteiger charge is 2.30. The second kappa shape index (κ2) is 7.66. The molecular weight excluding hydrogens is 286 g/mol. The second-order valence-electron chi connectivity index (χ2n) is 5.33. The van der Waals surface area contributed by atoms with Crippen LogP contribution in [0.2, 0.25) is 5.02 Å². The third-order valence-corrected chi connectivity index (χ3v) is 4.12. The molecule has 0 aliphatic carbocycles. The Balaban J connectivity index is 2.29. The first-order valence-electron chi connectivity index (χ1n) is 7.71. The van der Waals surface area contributed by atoms with Gasteiger partial charge in [-0.25, -0.2) is 0 Å². The number of nitrogens with one attached hydrogen (secondary N) is 2. The van der Waals surface area contributed by atoms with Gasteiger partial charge in [-0.1, -0.05) is 37.6 Å². The van der Waals surface area contributed by atoms with Gasteiger partial charge in [0.2, 0.25) is 5.91 Å². The molecule has 1 atom stereocenters. The average Bonchev–Trinajstić information content (AvgIpc) is 2.47. The highest BCUT2D eigenvalue weighted by Crippen LogP contribution is 2.32. The molecule has 0 spiro atoms. The van der Waals surface area contributed by atoms with Crippen LogP contribution < -0.4 is 15.5 Å². The van der Waals surface area contributed by atoms with E-state index >= 15 is 0 Å². The molecule has 1 fully saturated rings. The lowest BCUT2D eigenvalue weighted by atomic mass is 10.1. The number of piperazine rings is 1. The molecule has 1 amide bonds. The Bertz CT molecular complexity index is 492. The van der Waals surface area contributed by atoms with E-state index in [0.29, 0.717) is 6.54 Å². The van der Waals surface area contributed by atoms with Crippen molar-refractivity contribution < 1.29 is 4.79 Å². The molecule has 2 N–H and O–H groups in total. The number of rotatable bonds is 6. The molecule has 1 aliphatic heterocycles. The number of carbonyl (C=O) groups excluding carboxylic acids is 1. The van der Waals surface area contributed by atoms with Gasteiger partial charge in [0.15, 0.2) is 0 Å². The first-order valence-corrected chi connectivity index (χ1v) is 8.09. The van der Waals surface area contributed by atoms with Crippen LogP contribution in [0.3, 0.4) is 0 Å². The minimum Gasteiger partial charge on any atom is -0.356 e. The maximum absolute atomic E-state index is 12.1. The van der Waals surface area contributed by atoms with Crippen molar-refractivity contribution in [3.63, 3.8) is 0 Å². The van der Waals surface area contributed by atoms with E-state index in [2.05, 4.69) is 28.5 Å². The zero-order valence-corrected chi connectivity index (χ0v) is 13.5. The van der Waals surface area contributed by atoms with Gasteiger partial charge in [-0.05, 0) is 31.0 Å². The van der Waals surface area contributed by atoms with E-state index in [1.165, 1.54) is 0 Å². The number of hydrogen-bond acceptors (Lipinski definition) is 3. The van der Waals surface area contributed by atoms with Gasteiger partial charge in [0.1, 0.15) is 6.04 Å². The molecule has 4 nitrogen and oxygen atoms in total. The SMILES string of the molecule is CCCNCc1cccc(Cl)c1N1CCNC(=O)C1CC. The quantitative estimate of drug-likeness (QED) is 0.794. The third kappa shape index (κ3) is 3.69. The van der Waals surface area contributed by atoms with Crippen LogP contribution in [0.4, 0.5) is 5.69 Å². The van der Waals surface area contributed by atoms with Crippen molar-refractivity contribution in [3.8, 4) is 0 Å². The topological polar surface area (TPSA) is 44.4 Å². The molecule has 1 aromatic rings. The number of halogens is 1. The Hall–Kier alpha value is -1.26. The van der Waals surface area contributed by atoms with E-state index in [4.69, 9.17) is 11.6 Å². The van der Waals surface area contributed by atoms with Gasteiger partial charge in [0, 0.05) is 19.6 Å². The summed E-state index contributed by atoms with van der Waals surface area (Å²) in [6, 6.07) is 5.83. The van der Waals surface area contributed by atoms with E-state index in [9.17, 15) is 4.79 Å². The van der Waals surface area contributed by atoms with Gasteiger partial charge in [-0.2, -0.15) is 0 Å². The van der Waals surface area contributed by atoms with Gasteiger partial charge in [-0.3, -0.25) is 4.79 Å². The molecule has 1 saturated heterocycles. The summed E-state index contributed by atoms with van der Waals surface area (Å²) in [5, 5.41) is 7.07. The first kappa shape index (κ1) is 16.1. The number of carbonyl (C=O) groups is 1. The van der Waals surface area contributed by atoms with Gasteiger partial charge >= 0.3 is 0 Å². The predicted octanol–water partition coefficient (Wildman–Crippen LogP) is 2.55. The lowest BCUT2D eigenvalue weighted by molar-refractivity contribution is -0.123. The van der Waals surface area contributed by atoms with Crippen molar-refractivity contribution in [3.05, 3.63) is 28.8 Å². The minimum atomic E-state index is -0.136. The van der Waals surface area contributed by atoms with Gasteiger partial charge in [0.25, 0.3) is 0 Å². The summed E-state index contributed by atoms with van der Waals surface area (Å²) in [4.78, 5) is 14.2. The molecule has 0 saturated carbocycles. The van der Waals surface area contributed by atoms with Crippen LogP contribution >= 0.6 is 11.6 Å². The van der Waals surface area contributed by atoms with E-state index < -0.39 is 0 Å². The summed E-state index contributed by atoms with van der Waals surface area (Å²) in [7, 11) is 0. The fourth-order valence-electron chi connectivity index (χ4n) is 2.81. The fraction of sp³-hybridized carbons (Fsp3) is 0.562. The molecule has 2 rings (SSSR count). The standard InChI is InChI=1S/C16H24ClN3O/c1-3-8-18-11-12-6-5-7-13(17)15(12)20-10-9-19-16(21)14(20)4-2/h5-7,14,18H,3-4,8-11H2,1-2H3,(H,19,21). The van der Waals surface area contributed by atoms with Crippen LogP contribution in [0.25, 0.3) is 0 Å². The van der Waals surface area contributed by atoms with E-state index in [0.717, 1.165) is 48.7 Å². The maximum atomic E-state index is 12.1. The van der Waals surface area contributed by atoms with Crippen molar-refractivity contribution >= 4 is 23.2 Å². The van der Waals surface area contributed by atoms with Crippen molar-refractivity contribution in [1.82, 2.24) is 10.6 Å². The average molecular weight is 310 g/mol. The summed E-state index contributed by atoms with van der Waals surface area (Å²) in [5.74, 6) is 0.0936. The molecule has 0 aromatic heterocycles. The van der Waals surface area contributed by atoms with Crippen LogP contribution in [0.5, 0.6) is 0 Å². The maximum Gasteiger partial charge on any atom is 0.242 e. The second-order valence-corrected chi connectivity index (χ2v) is 5.74. The number of anilines is 1. The normalized spacial score (nSPS) is 18.7. The lowest BCUT2D eigenvalue weighted by Crippen LogP contribution is -2.55. The largest absolute Gasteiger partial charge is 0.356 e. The molecule has 21 heavy (non-hydrogen) atoms. The predicted molar refractivity (Wildman–Crippen MR) is 87.9 cm³/mol. The molecule has 1 aromatic carbocycles. The highest BCUT2D eigenvalue weighted by atomic mass is 35.5. The Morgan fingerprint density at radius 1 is 1.43 bits per heavy atom. The van der Waals surface area contributed by atoms with Crippen molar-refractivity contribution in [2.45, 2.75) is 39.3 Å². The van der Waals surface area contributed by atoms with Crippen LogP contribution in [0.1, 0.15) is 32.3 Å². The van der Waals surface area contributed by atoms with Gasteiger partial charge in [0.05, 0.1) is 10.7 Å². The van der Waals surface area contributed by atoms with E-state index in [-0.39, 0.29) is 11.9 Å². The van der Waals surface area contributed by atoms with Crippen molar-refractivity contribution in [1.29, 1.82) is 0 Å². The molecule has 1 aliphatic rings. The van der Waals surface area contributed by atoms with Crippen molar-refractivity contribution in [2.24, 2.45) is 0 Å².